The molecule has 0 radical (unpaired) electrons. The first kappa shape index (κ1) is 23.9. The smallest absolute Gasteiger partial charge is 0.256 e. The molecule has 33 heavy (non-hydrogen) atoms. The summed E-state index contributed by atoms with van der Waals surface area (Å²) in [5.41, 5.74) is 5.58. The van der Waals surface area contributed by atoms with Gasteiger partial charge < -0.3 is 10.2 Å². The molecule has 3 rings (SSSR count). The summed E-state index contributed by atoms with van der Waals surface area (Å²) in [6.07, 6.45) is 12.3. The summed E-state index contributed by atoms with van der Waals surface area (Å²) < 4.78 is 0. The summed E-state index contributed by atoms with van der Waals surface area (Å²) in [5.74, 6) is 0.425. The molecule has 2 aliphatic rings. The highest BCUT2D eigenvalue weighted by Crippen LogP contribution is 2.36. The molecular weight excluding hydrogens is 412 g/mol. The Morgan fingerprint density at radius 1 is 1.21 bits per heavy atom. The van der Waals surface area contributed by atoms with Crippen molar-refractivity contribution >= 4 is 29.4 Å². The van der Waals surface area contributed by atoms with Gasteiger partial charge in [-0.15, -0.1) is 0 Å². The van der Waals surface area contributed by atoms with Crippen molar-refractivity contribution in [1.82, 2.24) is 10.2 Å². The number of hydrogen-bond donors (Lipinski definition) is 1. The first-order valence-corrected chi connectivity index (χ1v) is 11.0. The maximum absolute atomic E-state index is 12.5. The zero-order valence-corrected chi connectivity index (χ0v) is 19.3. The van der Waals surface area contributed by atoms with E-state index in [0.717, 1.165) is 53.8 Å². The van der Waals surface area contributed by atoms with Crippen molar-refractivity contribution in [1.29, 1.82) is 0 Å². The third-order valence-electron chi connectivity index (χ3n) is 5.93. The van der Waals surface area contributed by atoms with Crippen LogP contribution in [-0.4, -0.2) is 48.9 Å². The van der Waals surface area contributed by atoms with E-state index >= 15 is 0 Å². The highest BCUT2D eigenvalue weighted by molar-refractivity contribution is 6.24. The molecule has 0 saturated carbocycles. The molecule has 1 saturated heterocycles. The number of amidine groups is 1. The summed E-state index contributed by atoms with van der Waals surface area (Å²) in [6, 6.07) is 7.45. The van der Waals surface area contributed by atoms with Gasteiger partial charge in [0.15, 0.2) is 0 Å². The van der Waals surface area contributed by atoms with Gasteiger partial charge in [-0.3, -0.25) is 19.6 Å². The van der Waals surface area contributed by atoms with Crippen LogP contribution in [0.3, 0.4) is 0 Å². The average molecular weight is 443 g/mol. The Morgan fingerprint density at radius 2 is 1.97 bits per heavy atom. The van der Waals surface area contributed by atoms with Crippen LogP contribution in [0.25, 0.3) is 5.57 Å². The predicted octanol–water partition coefficient (Wildman–Crippen LogP) is 4.35. The van der Waals surface area contributed by atoms with Crippen molar-refractivity contribution < 1.29 is 9.59 Å². The maximum Gasteiger partial charge on any atom is 0.256 e. The van der Waals surface area contributed by atoms with Gasteiger partial charge >= 0.3 is 0 Å². The van der Waals surface area contributed by atoms with E-state index in [2.05, 4.69) is 46.7 Å². The van der Waals surface area contributed by atoms with Crippen LogP contribution in [0, 0.1) is 5.92 Å². The van der Waals surface area contributed by atoms with Gasteiger partial charge in [-0.25, -0.2) is 0 Å². The van der Waals surface area contributed by atoms with Gasteiger partial charge in [0, 0.05) is 43.4 Å². The molecule has 0 bridgehead atoms. The fourth-order valence-electron chi connectivity index (χ4n) is 4.28. The molecule has 1 unspecified atom stereocenters. The Kier molecular flexibility index (Phi) is 8.08. The second kappa shape index (κ2) is 11.2. The van der Waals surface area contributed by atoms with E-state index in [0.29, 0.717) is 17.9 Å². The van der Waals surface area contributed by atoms with Crippen molar-refractivity contribution in [2.24, 2.45) is 15.9 Å². The van der Waals surface area contributed by atoms with E-state index in [-0.39, 0.29) is 11.8 Å². The Hall–Kier alpha value is -3.80. The highest BCUT2D eigenvalue weighted by atomic mass is 16.1. The van der Waals surface area contributed by atoms with Gasteiger partial charge in [-0.1, -0.05) is 43.5 Å². The van der Waals surface area contributed by atoms with Crippen LogP contribution in [0.5, 0.6) is 0 Å². The third-order valence-corrected chi connectivity index (χ3v) is 5.93. The van der Waals surface area contributed by atoms with Gasteiger partial charge in [0.1, 0.15) is 5.84 Å². The highest BCUT2D eigenvalue weighted by Gasteiger charge is 2.29. The number of carbonyl (C=O) groups is 2. The fraction of sp³-hybridized carbons (Fsp3) is 0.259. The standard InChI is InChI=1S/C27H30N4O2/c1-5-22-23(19-10-12-20(13-11-19)27(33)30-25(6-2)28-4)14-15-24(26(22)29-7-3)21-9-8-16-31(17-21)18-32/h5-7,10-15,18,21H,2-3,8-9,16-17H2,1,4H3,(H,28,30,33)/b22-5-,29-26+. The summed E-state index contributed by atoms with van der Waals surface area (Å²) in [7, 11) is 1.60. The minimum Gasteiger partial charge on any atom is -0.345 e. The van der Waals surface area contributed by atoms with Crippen molar-refractivity contribution in [3.05, 3.63) is 90.2 Å². The molecule has 1 atom stereocenters. The second-order valence-electron chi connectivity index (χ2n) is 7.85. The summed E-state index contributed by atoms with van der Waals surface area (Å²) >= 11 is 0. The number of amides is 2. The van der Waals surface area contributed by atoms with Gasteiger partial charge in [-0.2, -0.15) is 0 Å². The molecular formula is C27H30N4O2. The first-order valence-electron chi connectivity index (χ1n) is 11.0. The van der Waals surface area contributed by atoms with Gasteiger partial charge in [-0.05, 0) is 54.7 Å². The minimum absolute atomic E-state index is 0.237. The molecule has 1 aromatic rings. The van der Waals surface area contributed by atoms with E-state index in [1.807, 2.05) is 24.0 Å². The predicted molar refractivity (Wildman–Crippen MR) is 135 cm³/mol. The first-order chi connectivity index (χ1) is 16.1. The topological polar surface area (TPSA) is 74.1 Å². The van der Waals surface area contributed by atoms with Crippen LogP contribution in [-0.2, 0) is 4.79 Å². The summed E-state index contributed by atoms with van der Waals surface area (Å²) in [6.45, 7) is 10.9. The SMILES string of the molecule is C=C/N=C1/C(C2CCCN(C=O)C2)=CC=C(c2ccc(C(=O)N/C(C=C)=N/C)cc2)/C1=C/C. The average Bonchev–Trinajstić information content (AvgIpc) is 2.87. The van der Waals surface area contributed by atoms with E-state index in [9.17, 15) is 9.59 Å². The van der Waals surface area contributed by atoms with Crippen LogP contribution in [0.4, 0.5) is 0 Å². The lowest BCUT2D eigenvalue weighted by molar-refractivity contribution is -0.119. The van der Waals surface area contributed by atoms with Gasteiger partial charge in [0.05, 0.1) is 5.71 Å². The number of carbonyl (C=O) groups excluding carboxylic acids is 2. The fourth-order valence-corrected chi connectivity index (χ4v) is 4.28. The number of rotatable bonds is 6. The number of nitrogens with zero attached hydrogens (tertiary/aromatic N) is 3. The molecule has 2 amide bonds. The van der Waals surface area contributed by atoms with Crippen molar-refractivity contribution in [2.75, 3.05) is 20.1 Å². The molecule has 0 spiro atoms. The second-order valence-corrected chi connectivity index (χ2v) is 7.85. The van der Waals surface area contributed by atoms with Gasteiger partial charge in [0.25, 0.3) is 5.91 Å². The van der Waals surface area contributed by atoms with Crippen molar-refractivity contribution in [2.45, 2.75) is 19.8 Å². The number of piperidine rings is 1. The molecule has 0 aromatic heterocycles. The molecule has 1 heterocycles. The van der Waals surface area contributed by atoms with Crippen molar-refractivity contribution in [3.8, 4) is 0 Å². The molecule has 1 N–H and O–H groups in total. The summed E-state index contributed by atoms with van der Waals surface area (Å²) in [5, 5.41) is 2.72. The number of allylic oxidation sites excluding steroid dienone is 5. The molecule has 1 fully saturated rings. The van der Waals surface area contributed by atoms with Crippen LogP contribution in [0.1, 0.15) is 35.7 Å². The molecule has 1 aromatic carbocycles. The normalized spacial score (nSPS) is 21.3. The van der Waals surface area contributed by atoms with Crippen molar-refractivity contribution in [3.63, 3.8) is 0 Å². The van der Waals surface area contributed by atoms with E-state index < -0.39 is 0 Å². The van der Waals surface area contributed by atoms with Crippen LogP contribution in [0.2, 0.25) is 0 Å². The number of nitrogens with one attached hydrogen (secondary N) is 1. The zero-order valence-electron chi connectivity index (χ0n) is 19.3. The van der Waals surface area contributed by atoms with E-state index in [1.165, 1.54) is 6.08 Å². The van der Waals surface area contributed by atoms with Crippen LogP contribution in [0.15, 0.2) is 89.1 Å². The van der Waals surface area contributed by atoms with Crippen LogP contribution < -0.4 is 5.32 Å². The molecule has 1 aliphatic carbocycles. The zero-order chi connectivity index (χ0) is 23.8. The number of benzene rings is 1. The molecule has 1 aliphatic heterocycles. The van der Waals surface area contributed by atoms with E-state index in [4.69, 9.17) is 0 Å². The summed E-state index contributed by atoms with van der Waals surface area (Å²) in [4.78, 5) is 34.2. The Balaban J connectivity index is 1.93. The lowest BCUT2D eigenvalue weighted by atomic mass is 9.79. The molecule has 6 nitrogen and oxygen atoms in total. The monoisotopic (exact) mass is 442 g/mol. The number of hydrogen-bond acceptors (Lipinski definition) is 4. The number of aliphatic imine (C=N–C) groups is 2. The lowest BCUT2D eigenvalue weighted by Gasteiger charge is -2.33. The Labute approximate surface area is 195 Å². The Morgan fingerprint density at radius 3 is 2.58 bits per heavy atom. The molecule has 6 heteroatoms. The largest absolute Gasteiger partial charge is 0.345 e. The number of likely N-dealkylation sites (tertiary alicyclic amines) is 1. The van der Waals surface area contributed by atoms with Crippen LogP contribution >= 0.6 is 0 Å². The molecule has 170 valence electrons. The van der Waals surface area contributed by atoms with E-state index in [1.54, 1.807) is 25.4 Å². The quantitative estimate of drug-likeness (QED) is 0.404. The third kappa shape index (κ3) is 5.34. The Bertz CT molecular complexity index is 1090. The minimum atomic E-state index is -0.237. The lowest BCUT2D eigenvalue weighted by Crippen LogP contribution is -2.37. The van der Waals surface area contributed by atoms with Gasteiger partial charge in [0.2, 0.25) is 6.41 Å². The maximum atomic E-state index is 12.5.